The molecule has 20 heavy (non-hydrogen) atoms. The standard InChI is InChI=1S/C15H19N3O2/c19-15(12-7-11-3-6-20-14(11)8-16-12)17-13-9-18-4-1-10(13)2-5-18/h7-8,10,13H,1-6,9H2,(H,17,19). The molecule has 0 saturated carbocycles. The van der Waals surface area contributed by atoms with Crippen LogP contribution in [0, 0.1) is 5.92 Å². The van der Waals surface area contributed by atoms with Gasteiger partial charge in [0, 0.05) is 24.6 Å². The van der Waals surface area contributed by atoms with E-state index in [-0.39, 0.29) is 11.9 Å². The van der Waals surface area contributed by atoms with Gasteiger partial charge in [-0.05, 0) is 37.9 Å². The lowest BCUT2D eigenvalue weighted by Gasteiger charge is -2.44. The highest BCUT2D eigenvalue weighted by molar-refractivity contribution is 5.92. The Bertz CT molecular complexity index is 538. The molecule has 0 radical (unpaired) electrons. The van der Waals surface area contributed by atoms with Gasteiger partial charge < -0.3 is 15.0 Å². The van der Waals surface area contributed by atoms with Crippen LogP contribution in [0.25, 0.3) is 0 Å². The van der Waals surface area contributed by atoms with Gasteiger partial charge in [-0.2, -0.15) is 0 Å². The predicted molar refractivity (Wildman–Crippen MR) is 73.9 cm³/mol. The van der Waals surface area contributed by atoms with Crippen molar-refractivity contribution in [1.29, 1.82) is 0 Å². The van der Waals surface area contributed by atoms with Gasteiger partial charge in [-0.25, -0.2) is 4.98 Å². The van der Waals surface area contributed by atoms with Crippen molar-refractivity contribution in [2.45, 2.75) is 25.3 Å². The summed E-state index contributed by atoms with van der Waals surface area (Å²) in [5.74, 6) is 1.42. The smallest absolute Gasteiger partial charge is 0.270 e. The molecule has 1 unspecified atom stereocenters. The number of carbonyl (C=O) groups is 1. The van der Waals surface area contributed by atoms with E-state index < -0.39 is 0 Å². The molecule has 4 aliphatic heterocycles. The number of nitrogens with one attached hydrogen (secondary N) is 1. The number of carbonyl (C=O) groups excluding carboxylic acids is 1. The normalized spacial score (nSPS) is 30.7. The van der Waals surface area contributed by atoms with Crippen LogP contribution >= 0.6 is 0 Å². The summed E-state index contributed by atoms with van der Waals surface area (Å²) >= 11 is 0. The summed E-state index contributed by atoms with van der Waals surface area (Å²) in [6.45, 7) is 4.06. The van der Waals surface area contributed by atoms with Crippen LogP contribution < -0.4 is 10.1 Å². The SMILES string of the molecule is O=C(NC1CN2CCC1CC2)c1cc2c(cn1)OCC2. The molecule has 1 aromatic heterocycles. The molecule has 1 atom stereocenters. The summed E-state index contributed by atoms with van der Waals surface area (Å²) in [5.41, 5.74) is 1.62. The van der Waals surface area contributed by atoms with Crippen LogP contribution in [0.4, 0.5) is 0 Å². The Hall–Kier alpha value is -1.62. The molecule has 2 bridgehead atoms. The lowest BCUT2D eigenvalue weighted by Crippen LogP contribution is -2.57. The number of aromatic nitrogens is 1. The molecule has 5 heteroatoms. The van der Waals surface area contributed by atoms with Crippen molar-refractivity contribution in [3.8, 4) is 5.75 Å². The number of piperidine rings is 3. The largest absolute Gasteiger partial charge is 0.491 e. The van der Waals surface area contributed by atoms with Crippen LogP contribution in [0.2, 0.25) is 0 Å². The van der Waals surface area contributed by atoms with Gasteiger partial charge in [0.25, 0.3) is 5.91 Å². The van der Waals surface area contributed by atoms with Gasteiger partial charge in [0.05, 0.1) is 12.8 Å². The Morgan fingerprint density at radius 2 is 2.25 bits per heavy atom. The molecule has 0 aliphatic carbocycles. The molecule has 5 nitrogen and oxygen atoms in total. The molecule has 5 rings (SSSR count). The van der Waals surface area contributed by atoms with Crippen LogP contribution in [0.3, 0.4) is 0 Å². The number of pyridine rings is 1. The fourth-order valence-electron chi connectivity index (χ4n) is 3.58. The molecule has 106 valence electrons. The quantitative estimate of drug-likeness (QED) is 0.867. The number of hydrogen-bond acceptors (Lipinski definition) is 4. The molecule has 5 heterocycles. The summed E-state index contributed by atoms with van der Waals surface area (Å²) in [6.07, 6.45) is 4.96. The van der Waals surface area contributed by atoms with Gasteiger partial charge in [0.15, 0.2) is 0 Å². The molecule has 1 aromatic rings. The minimum atomic E-state index is -0.0431. The summed E-state index contributed by atoms with van der Waals surface area (Å²) < 4.78 is 5.42. The highest BCUT2D eigenvalue weighted by atomic mass is 16.5. The lowest BCUT2D eigenvalue weighted by molar-refractivity contribution is 0.0617. The van der Waals surface area contributed by atoms with Crippen molar-refractivity contribution in [2.75, 3.05) is 26.2 Å². The average molecular weight is 273 g/mol. The number of amides is 1. The highest BCUT2D eigenvalue weighted by Crippen LogP contribution is 2.28. The maximum absolute atomic E-state index is 12.4. The van der Waals surface area contributed by atoms with E-state index in [1.165, 1.54) is 25.9 Å². The van der Waals surface area contributed by atoms with E-state index in [1.807, 2.05) is 6.07 Å². The maximum atomic E-state index is 12.4. The van der Waals surface area contributed by atoms with Gasteiger partial charge in [-0.15, -0.1) is 0 Å². The van der Waals surface area contributed by atoms with Gasteiger partial charge in [-0.1, -0.05) is 0 Å². The number of fused-ring (bicyclic) bond motifs is 4. The summed E-state index contributed by atoms with van der Waals surface area (Å²) in [5, 5.41) is 3.17. The van der Waals surface area contributed by atoms with E-state index in [2.05, 4.69) is 15.2 Å². The van der Waals surface area contributed by atoms with Crippen LogP contribution in [0.1, 0.15) is 28.9 Å². The van der Waals surface area contributed by atoms with Crippen LogP contribution in [0.15, 0.2) is 12.3 Å². The molecule has 3 saturated heterocycles. The second kappa shape index (κ2) is 4.74. The zero-order valence-corrected chi connectivity index (χ0v) is 11.5. The zero-order chi connectivity index (χ0) is 13.5. The van der Waals surface area contributed by atoms with Crippen LogP contribution in [-0.4, -0.2) is 48.1 Å². The van der Waals surface area contributed by atoms with E-state index in [1.54, 1.807) is 6.20 Å². The second-order valence-electron chi connectivity index (χ2n) is 5.99. The first-order chi connectivity index (χ1) is 9.79. The summed E-state index contributed by atoms with van der Waals surface area (Å²) in [4.78, 5) is 19.0. The first-order valence-corrected chi connectivity index (χ1v) is 7.44. The average Bonchev–Trinajstić information content (AvgIpc) is 2.96. The van der Waals surface area contributed by atoms with Gasteiger partial charge in [0.2, 0.25) is 0 Å². The third-order valence-corrected chi connectivity index (χ3v) is 4.78. The Morgan fingerprint density at radius 3 is 3.00 bits per heavy atom. The Labute approximate surface area is 118 Å². The Kier molecular flexibility index (Phi) is 2.88. The Balaban J connectivity index is 1.48. The minimum Gasteiger partial charge on any atom is -0.491 e. The van der Waals surface area contributed by atoms with E-state index in [4.69, 9.17) is 4.74 Å². The minimum absolute atomic E-state index is 0.0431. The van der Waals surface area contributed by atoms with Crippen molar-refractivity contribution < 1.29 is 9.53 Å². The number of ether oxygens (including phenoxy) is 1. The van der Waals surface area contributed by atoms with Crippen LogP contribution in [0.5, 0.6) is 5.75 Å². The fourth-order valence-corrected chi connectivity index (χ4v) is 3.58. The van der Waals surface area contributed by atoms with E-state index in [9.17, 15) is 4.79 Å². The molecule has 1 amide bonds. The predicted octanol–water partition coefficient (Wildman–Crippen LogP) is 0.840. The second-order valence-corrected chi connectivity index (χ2v) is 5.99. The van der Waals surface area contributed by atoms with Gasteiger partial charge in [-0.3, -0.25) is 4.79 Å². The zero-order valence-electron chi connectivity index (χ0n) is 11.5. The van der Waals surface area contributed by atoms with Crippen molar-refractivity contribution in [3.05, 3.63) is 23.5 Å². The summed E-state index contributed by atoms with van der Waals surface area (Å²) in [7, 11) is 0. The topological polar surface area (TPSA) is 54.5 Å². The van der Waals surface area contributed by atoms with Gasteiger partial charge >= 0.3 is 0 Å². The van der Waals surface area contributed by atoms with Crippen molar-refractivity contribution in [3.63, 3.8) is 0 Å². The molecular formula is C15H19N3O2. The van der Waals surface area contributed by atoms with Gasteiger partial charge in [0.1, 0.15) is 11.4 Å². The van der Waals surface area contributed by atoms with Crippen molar-refractivity contribution in [2.24, 2.45) is 5.92 Å². The van der Waals surface area contributed by atoms with E-state index >= 15 is 0 Å². The monoisotopic (exact) mass is 273 g/mol. The maximum Gasteiger partial charge on any atom is 0.270 e. The molecular weight excluding hydrogens is 254 g/mol. The Morgan fingerprint density at radius 1 is 1.40 bits per heavy atom. The molecule has 0 spiro atoms. The third kappa shape index (κ3) is 2.06. The van der Waals surface area contributed by atoms with Crippen molar-refractivity contribution >= 4 is 5.91 Å². The number of nitrogens with zero attached hydrogens (tertiary/aromatic N) is 2. The van der Waals surface area contributed by atoms with E-state index in [0.29, 0.717) is 18.2 Å². The first kappa shape index (κ1) is 12.1. The summed E-state index contributed by atoms with van der Waals surface area (Å²) in [6, 6.07) is 2.16. The molecule has 3 fully saturated rings. The van der Waals surface area contributed by atoms with E-state index in [0.717, 1.165) is 24.3 Å². The molecule has 0 aromatic carbocycles. The van der Waals surface area contributed by atoms with Crippen molar-refractivity contribution in [1.82, 2.24) is 15.2 Å². The highest BCUT2D eigenvalue weighted by Gasteiger charge is 2.35. The molecule has 4 aliphatic rings. The first-order valence-electron chi connectivity index (χ1n) is 7.44. The van der Waals surface area contributed by atoms with Crippen LogP contribution in [-0.2, 0) is 6.42 Å². The fraction of sp³-hybridized carbons (Fsp3) is 0.600. The lowest BCUT2D eigenvalue weighted by atomic mass is 9.84. The number of rotatable bonds is 2. The third-order valence-electron chi connectivity index (χ3n) is 4.78. The molecule has 1 N–H and O–H groups in total. The number of hydrogen-bond donors (Lipinski definition) is 1.